The maximum absolute atomic E-state index is 11.8. The van der Waals surface area contributed by atoms with Gasteiger partial charge in [0.2, 0.25) is 0 Å². The molecule has 0 saturated carbocycles. The minimum atomic E-state index is -6.04. The highest BCUT2D eigenvalue weighted by Crippen LogP contribution is 2.40. The first-order valence-corrected chi connectivity index (χ1v) is 13.8. The van der Waals surface area contributed by atoms with Crippen molar-refractivity contribution in [1.82, 2.24) is 0 Å². The molecule has 0 aliphatic carbocycles. The summed E-state index contributed by atoms with van der Waals surface area (Å²) < 4.78 is 163. The molecule has 0 amide bonds. The van der Waals surface area contributed by atoms with Crippen LogP contribution in [0.15, 0.2) is 42.7 Å². The Morgan fingerprint density at radius 3 is 1.20 bits per heavy atom. The summed E-state index contributed by atoms with van der Waals surface area (Å²) in [4.78, 5) is -9.97. The minimum Gasteiger partial charge on any atom is -0.282 e. The zero-order valence-corrected chi connectivity index (χ0v) is 17.7. The molecule has 0 atom stereocenters. The summed E-state index contributed by atoms with van der Waals surface area (Å²) in [5.41, 5.74) is 0. The summed E-state index contributed by atoms with van der Waals surface area (Å²) >= 11 is 0. The number of rotatable bonds is 5. The Balaban J connectivity index is 3.64. The summed E-state index contributed by atoms with van der Waals surface area (Å²) in [5.74, 6) is 0. The predicted octanol–water partition coefficient (Wildman–Crippen LogP) is -0.927. The van der Waals surface area contributed by atoms with Crippen LogP contribution in [0.2, 0.25) is 0 Å². The molecule has 168 valence electrons. The van der Waals surface area contributed by atoms with Crippen LogP contribution in [0.1, 0.15) is 0 Å². The van der Waals surface area contributed by atoms with E-state index < -0.39 is 85.8 Å². The maximum Gasteiger partial charge on any atom is 0.297 e. The lowest BCUT2D eigenvalue weighted by atomic mass is 10.1. The monoisotopic (exact) mass is 528 g/mol. The van der Waals surface area contributed by atoms with E-state index in [1.54, 1.807) is 0 Å². The quantitative estimate of drug-likeness (QED) is 0.293. The second kappa shape index (κ2) is 6.88. The number of fused-ring (bicyclic) bond motifs is 1. The van der Waals surface area contributed by atoms with Crippen LogP contribution < -0.4 is 0 Å². The Morgan fingerprint density at radius 1 is 0.467 bits per heavy atom. The van der Waals surface area contributed by atoms with Crippen LogP contribution in [0.4, 0.5) is 0 Å². The third kappa shape index (κ3) is 4.46. The predicted molar refractivity (Wildman–Crippen MR) is 93.0 cm³/mol. The molecule has 0 aliphatic heterocycles. The molecule has 0 aliphatic rings. The zero-order valence-electron chi connectivity index (χ0n) is 13.6. The van der Waals surface area contributed by atoms with Gasteiger partial charge in [-0.25, -0.2) is 0 Å². The molecule has 30 heavy (non-hydrogen) atoms. The van der Waals surface area contributed by atoms with Crippen molar-refractivity contribution in [3.8, 4) is 0 Å². The van der Waals surface area contributed by atoms with Crippen molar-refractivity contribution in [2.45, 2.75) is 24.5 Å². The van der Waals surface area contributed by atoms with Crippen molar-refractivity contribution in [3.63, 3.8) is 0 Å². The normalized spacial score (nSPS) is 14.2. The molecule has 15 nitrogen and oxygen atoms in total. The van der Waals surface area contributed by atoms with E-state index in [9.17, 15) is 64.9 Å². The fourth-order valence-electron chi connectivity index (χ4n) is 2.51. The van der Waals surface area contributed by atoms with Gasteiger partial charge in [-0.15, -0.1) is 0 Å². The van der Waals surface area contributed by atoms with E-state index in [-0.39, 0.29) is 12.1 Å². The third-order valence-corrected chi connectivity index (χ3v) is 8.39. The Bertz CT molecular complexity index is 1630. The van der Waals surface area contributed by atoms with Crippen LogP contribution in [0.25, 0.3) is 10.8 Å². The summed E-state index contributed by atoms with van der Waals surface area (Å²) in [7, 11) is -29.1. The average Bonchev–Trinajstić information content (AvgIpc) is 2.46. The van der Waals surface area contributed by atoms with Crippen molar-refractivity contribution >= 4 is 61.4 Å². The second-order valence-electron chi connectivity index (χ2n) is 5.40. The van der Waals surface area contributed by atoms with E-state index >= 15 is 0 Å². The van der Waals surface area contributed by atoms with Crippen molar-refractivity contribution in [1.29, 1.82) is 0 Å². The molecule has 0 saturated heterocycles. The summed E-state index contributed by atoms with van der Waals surface area (Å²) in [5, 5.41) is -2.60. The van der Waals surface area contributed by atoms with Gasteiger partial charge in [0.05, 0.1) is 0 Å². The van der Waals surface area contributed by atoms with Gasteiger partial charge in [-0.1, -0.05) is 6.07 Å². The van der Waals surface area contributed by atoms with Gasteiger partial charge < -0.3 is 0 Å². The third-order valence-electron chi connectivity index (χ3n) is 3.43. The van der Waals surface area contributed by atoms with Crippen molar-refractivity contribution in [2.75, 3.05) is 0 Å². The van der Waals surface area contributed by atoms with Gasteiger partial charge >= 0.3 is 0 Å². The van der Waals surface area contributed by atoms with E-state index in [1.807, 2.05) is 0 Å². The highest BCUT2D eigenvalue weighted by molar-refractivity contribution is 7.91. The van der Waals surface area contributed by atoms with Crippen LogP contribution in [0, 0.1) is 0 Å². The second-order valence-corrected chi connectivity index (χ2v) is 12.3. The lowest BCUT2D eigenvalue weighted by molar-refractivity contribution is 0.456. The van der Waals surface area contributed by atoms with E-state index in [1.165, 1.54) is 0 Å². The smallest absolute Gasteiger partial charge is 0.282 e. The van der Waals surface area contributed by atoms with Crippen molar-refractivity contribution in [3.05, 3.63) is 18.2 Å². The standard InChI is InChI=1S/C10H8O15S5/c11-26(12,13)5-2-1-4-3-6(27(14,15)16)9(29(20,21)22)10(30(23,24)25)7(4)8(5)28(17,18)19/h1-3H,(H,11,12,13)(H,14,15,16)(H,17,18,19)(H,20,21,22)(H,23,24,25). The molecule has 0 bridgehead atoms. The molecule has 2 aromatic rings. The number of benzene rings is 2. The minimum absolute atomic E-state index is 0.102. The molecule has 5 N–H and O–H groups in total. The lowest BCUT2D eigenvalue weighted by Crippen LogP contribution is -2.17. The molecule has 2 aromatic carbocycles. The van der Waals surface area contributed by atoms with Gasteiger partial charge in [-0.05, 0) is 17.5 Å². The molecular weight excluding hydrogens is 520 g/mol. The van der Waals surface area contributed by atoms with Crippen molar-refractivity contribution < 1.29 is 64.9 Å². The molecule has 0 aromatic heterocycles. The van der Waals surface area contributed by atoms with Gasteiger partial charge in [-0.2, -0.15) is 42.1 Å². The van der Waals surface area contributed by atoms with Gasteiger partial charge in [0.25, 0.3) is 50.6 Å². The summed E-state index contributed by atoms with van der Waals surface area (Å²) in [6, 6.07) is 0.810. The van der Waals surface area contributed by atoms with E-state index in [0.717, 1.165) is 0 Å². The average molecular weight is 528 g/mol. The molecular formula is C10H8O15S5. The van der Waals surface area contributed by atoms with Gasteiger partial charge in [0.1, 0.15) is 24.5 Å². The van der Waals surface area contributed by atoms with Crippen LogP contribution in [0.3, 0.4) is 0 Å². The van der Waals surface area contributed by atoms with E-state index in [0.29, 0.717) is 6.07 Å². The molecule has 20 heteroatoms. The molecule has 0 unspecified atom stereocenters. The van der Waals surface area contributed by atoms with Crippen LogP contribution in [-0.4, -0.2) is 64.9 Å². The molecule has 0 heterocycles. The topological polar surface area (TPSA) is 272 Å². The van der Waals surface area contributed by atoms with Crippen LogP contribution >= 0.6 is 0 Å². The molecule has 2 rings (SSSR count). The van der Waals surface area contributed by atoms with Crippen LogP contribution in [-0.2, 0) is 50.6 Å². The highest BCUT2D eigenvalue weighted by Gasteiger charge is 2.38. The largest absolute Gasteiger partial charge is 0.297 e. The SMILES string of the molecule is O=S(=O)(O)c1cc2ccc(S(=O)(=O)O)c(S(=O)(=O)O)c2c(S(=O)(=O)O)c1S(=O)(=O)O. The van der Waals surface area contributed by atoms with Crippen molar-refractivity contribution in [2.24, 2.45) is 0 Å². The maximum atomic E-state index is 11.8. The Labute approximate surface area is 168 Å². The first-order valence-electron chi connectivity index (χ1n) is 6.59. The van der Waals surface area contributed by atoms with Gasteiger partial charge in [0, 0.05) is 5.39 Å². The Hall–Kier alpha value is -1.75. The molecule has 0 spiro atoms. The molecule has 0 radical (unpaired) electrons. The first kappa shape index (κ1) is 24.5. The Kier molecular flexibility index (Phi) is 5.62. The lowest BCUT2D eigenvalue weighted by Gasteiger charge is -2.16. The van der Waals surface area contributed by atoms with Gasteiger partial charge in [-0.3, -0.25) is 22.8 Å². The van der Waals surface area contributed by atoms with E-state index in [4.69, 9.17) is 0 Å². The molecule has 0 fully saturated rings. The van der Waals surface area contributed by atoms with Gasteiger partial charge in [0.15, 0.2) is 0 Å². The Morgan fingerprint density at radius 2 is 0.867 bits per heavy atom. The number of hydrogen-bond acceptors (Lipinski definition) is 10. The zero-order chi connectivity index (χ0) is 23.7. The fraction of sp³-hybridized carbons (Fsp3) is 0. The highest BCUT2D eigenvalue weighted by atomic mass is 32.2. The summed E-state index contributed by atoms with van der Waals surface area (Å²) in [6.45, 7) is 0. The number of hydrogen-bond donors (Lipinski definition) is 5. The fourth-order valence-corrected chi connectivity index (χ4v) is 7.99. The summed E-state index contributed by atoms with van der Waals surface area (Å²) in [6.07, 6.45) is 0. The van der Waals surface area contributed by atoms with E-state index in [2.05, 4.69) is 0 Å². The van der Waals surface area contributed by atoms with Crippen LogP contribution in [0.5, 0.6) is 0 Å². The first-order chi connectivity index (χ1) is 13.1.